The van der Waals surface area contributed by atoms with Gasteiger partial charge in [0.15, 0.2) is 0 Å². The van der Waals surface area contributed by atoms with Crippen LogP contribution in [-0.4, -0.2) is 25.8 Å². The van der Waals surface area contributed by atoms with Gasteiger partial charge in [0.1, 0.15) is 0 Å². The van der Waals surface area contributed by atoms with Gasteiger partial charge in [-0.3, -0.25) is 0 Å². The number of nitrogens with zero attached hydrogens (tertiary/aromatic N) is 1. The van der Waals surface area contributed by atoms with E-state index in [1.165, 1.54) is 19.3 Å². The van der Waals surface area contributed by atoms with Crippen LogP contribution in [0.5, 0.6) is 0 Å². The first-order valence-corrected chi connectivity index (χ1v) is 8.15. The van der Waals surface area contributed by atoms with Gasteiger partial charge in [0, 0.05) is 18.1 Å². The van der Waals surface area contributed by atoms with Gasteiger partial charge < -0.3 is 0 Å². The van der Waals surface area contributed by atoms with Crippen molar-refractivity contribution in [3.8, 4) is 0 Å². The molecule has 1 saturated carbocycles. The monoisotopic (exact) mass is 285 g/mol. The highest BCUT2D eigenvalue weighted by Gasteiger charge is 2.41. The molecule has 0 radical (unpaired) electrons. The second-order valence-electron chi connectivity index (χ2n) is 5.23. The van der Waals surface area contributed by atoms with Gasteiger partial charge in [0.05, 0.1) is 4.90 Å². The molecule has 2 aliphatic rings. The molecule has 5 heteroatoms. The summed E-state index contributed by atoms with van der Waals surface area (Å²) < 4.78 is 26.6. The van der Waals surface area contributed by atoms with Crippen LogP contribution in [0.4, 0.5) is 0 Å². The fraction of sp³-hybridized carbons (Fsp3) is 0.538. The molecule has 0 aromatic heterocycles. The van der Waals surface area contributed by atoms with Crippen molar-refractivity contribution < 1.29 is 8.42 Å². The third kappa shape index (κ3) is 2.06. The minimum atomic E-state index is -3.32. The summed E-state index contributed by atoms with van der Waals surface area (Å²) in [7, 11) is -3.32. The summed E-state index contributed by atoms with van der Waals surface area (Å²) in [5.41, 5.74) is 0. The number of fused-ring (bicyclic) bond motifs is 1. The lowest BCUT2D eigenvalue weighted by atomic mass is 10.0. The Morgan fingerprint density at radius 3 is 2.17 bits per heavy atom. The maximum Gasteiger partial charge on any atom is 0.243 e. The smallest absolute Gasteiger partial charge is 0.207 e. The van der Waals surface area contributed by atoms with E-state index in [-0.39, 0.29) is 0 Å². The minimum absolute atomic E-state index is 0.354. The Labute approximate surface area is 113 Å². The van der Waals surface area contributed by atoms with Crippen molar-refractivity contribution in [1.29, 1.82) is 0 Å². The zero-order chi connectivity index (χ0) is 12.8. The molecular formula is C13H16ClNO2S. The standard InChI is InChI=1S/C13H16ClNO2S/c14-12-4-6-13(7-5-12)18(16,17)15-8-10-2-1-3-11(10)9-15/h4-7,10-11H,1-3,8-9H2/t10-,11?/m0/s1. The number of hydrogen-bond acceptors (Lipinski definition) is 2. The third-order valence-corrected chi connectivity index (χ3v) is 6.24. The Morgan fingerprint density at radius 1 is 1.06 bits per heavy atom. The molecule has 1 aliphatic carbocycles. The predicted molar refractivity (Wildman–Crippen MR) is 71.0 cm³/mol. The highest BCUT2D eigenvalue weighted by molar-refractivity contribution is 7.89. The van der Waals surface area contributed by atoms with Crippen LogP contribution >= 0.6 is 11.6 Å². The summed E-state index contributed by atoms with van der Waals surface area (Å²) in [4.78, 5) is 0.354. The van der Waals surface area contributed by atoms with E-state index < -0.39 is 10.0 Å². The largest absolute Gasteiger partial charge is 0.243 e. The van der Waals surface area contributed by atoms with Crippen molar-refractivity contribution in [1.82, 2.24) is 4.31 Å². The van der Waals surface area contributed by atoms with E-state index in [9.17, 15) is 8.42 Å². The molecule has 1 unspecified atom stereocenters. The number of hydrogen-bond donors (Lipinski definition) is 0. The summed E-state index contributed by atoms with van der Waals surface area (Å²) in [6.07, 6.45) is 3.61. The van der Waals surface area contributed by atoms with Gasteiger partial charge in [-0.2, -0.15) is 4.31 Å². The molecule has 1 aromatic carbocycles. The van der Waals surface area contributed by atoms with Crippen LogP contribution in [0.15, 0.2) is 29.2 Å². The quantitative estimate of drug-likeness (QED) is 0.838. The molecule has 98 valence electrons. The number of rotatable bonds is 2. The fourth-order valence-electron chi connectivity index (χ4n) is 3.14. The Morgan fingerprint density at radius 2 is 1.61 bits per heavy atom. The lowest BCUT2D eigenvalue weighted by Gasteiger charge is -2.17. The molecule has 0 spiro atoms. The zero-order valence-electron chi connectivity index (χ0n) is 10.0. The van der Waals surface area contributed by atoms with Crippen molar-refractivity contribution in [2.45, 2.75) is 24.2 Å². The average Bonchev–Trinajstić information content (AvgIpc) is 2.89. The van der Waals surface area contributed by atoms with Crippen LogP contribution in [-0.2, 0) is 10.0 Å². The van der Waals surface area contributed by atoms with Gasteiger partial charge in [-0.15, -0.1) is 0 Å². The minimum Gasteiger partial charge on any atom is -0.207 e. The molecule has 0 N–H and O–H groups in total. The summed E-state index contributed by atoms with van der Waals surface area (Å²) in [5.74, 6) is 1.15. The van der Waals surface area contributed by atoms with Crippen molar-refractivity contribution in [3.63, 3.8) is 0 Å². The average molecular weight is 286 g/mol. The lowest BCUT2D eigenvalue weighted by molar-refractivity contribution is 0.445. The van der Waals surface area contributed by atoms with Crippen LogP contribution in [0.25, 0.3) is 0 Å². The topological polar surface area (TPSA) is 37.4 Å². The van der Waals surface area contributed by atoms with E-state index in [1.54, 1.807) is 28.6 Å². The van der Waals surface area contributed by atoms with E-state index in [0.29, 0.717) is 34.8 Å². The Kier molecular flexibility index (Phi) is 3.12. The maximum absolute atomic E-state index is 12.5. The number of halogens is 1. The number of sulfonamides is 1. The summed E-state index contributed by atoms with van der Waals surface area (Å²) in [6, 6.07) is 6.44. The Hall–Kier alpha value is -0.580. The molecular weight excluding hydrogens is 270 g/mol. The molecule has 1 heterocycles. The predicted octanol–water partition coefficient (Wildman–Crippen LogP) is 2.76. The van der Waals surface area contributed by atoms with Crippen LogP contribution in [0.3, 0.4) is 0 Å². The molecule has 1 saturated heterocycles. The highest BCUT2D eigenvalue weighted by Crippen LogP contribution is 2.39. The second kappa shape index (κ2) is 4.51. The normalized spacial score (nSPS) is 28.5. The SMILES string of the molecule is O=S(=O)(c1ccc(Cl)cc1)N1CC2CCC[C@H]2C1. The molecule has 2 fully saturated rings. The molecule has 18 heavy (non-hydrogen) atoms. The van der Waals surface area contributed by atoms with Crippen molar-refractivity contribution in [2.24, 2.45) is 11.8 Å². The van der Waals surface area contributed by atoms with Gasteiger partial charge in [0.2, 0.25) is 10.0 Å². The van der Waals surface area contributed by atoms with Crippen LogP contribution < -0.4 is 0 Å². The van der Waals surface area contributed by atoms with Crippen LogP contribution in [0.2, 0.25) is 5.02 Å². The van der Waals surface area contributed by atoms with Gasteiger partial charge in [-0.05, 0) is 48.9 Å². The molecule has 2 atom stereocenters. The zero-order valence-corrected chi connectivity index (χ0v) is 11.6. The van der Waals surface area contributed by atoms with E-state index in [4.69, 9.17) is 11.6 Å². The van der Waals surface area contributed by atoms with E-state index >= 15 is 0 Å². The third-order valence-electron chi connectivity index (χ3n) is 4.14. The van der Waals surface area contributed by atoms with Crippen LogP contribution in [0, 0.1) is 11.8 Å². The highest BCUT2D eigenvalue weighted by atomic mass is 35.5. The van der Waals surface area contributed by atoms with Crippen molar-refractivity contribution in [3.05, 3.63) is 29.3 Å². The fourth-order valence-corrected chi connectivity index (χ4v) is 4.82. The van der Waals surface area contributed by atoms with Crippen molar-refractivity contribution >= 4 is 21.6 Å². The van der Waals surface area contributed by atoms with E-state index in [2.05, 4.69) is 0 Å². The molecule has 1 aliphatic heterocycles. The van der Waals surface area contributed by atoms with Crippen molar-refractivity contribution in [2.75, 3.05) is 13.1 Å². The van der Waals surface area contributed by atoms with E-state index in [0.717, 1.165) is 0 Å². The van der Waals surface area contributed by atoms with Gasteiger partial charge in [-0.25, -0.2) is 8.42 Å². The van der Waals surface area contributed by atoms with Gasteiger partial charge in [-0.1, -0.05) is 18.0 Å². The summed E-state index contributed by atoms with van der Waals surface area (Å²) in [6.45, 7) is 1.38. The molecule has 0 bridgehead atoms. The number of benzene rings is 1. The summed E-state index contributed by atoms with van der Waals surface area (Å²) in [5, 5.41) is 0.562. The first-order chi connectivity index (χ1) is 8.57. The molecule has 0 amide bonds. The summed E-state index contributed by atoms with van der Waals surface area (Å²) >= 11 is 5.79. The Bertz CT molecular complexity index is 529. The Balaban J connectivity index is 1.85. The first-order valence-electron chi connectivity index (χ1n) is 6.33. The maximum atomic E-state index is 12.5. The first kappa shape index (κ1) is 12.5. The van der Waals surface area contributed by atoms with Crippen LogP contribution in [0.1, 0.15) is 19.3 Å². The van der Waals surface area contributed by atoms with E-state index in [1.807, 2.05) is 0 Å². The second-order valence-corrected chi connectivity index (χ2v) is 7.60. The van der Waals surface area contributed by atoms with Gasteiger partial charge in [0.25, 0.3) is 0 Å². The lowest BCUT2D eigenvalue weighted by Crippen LogP contribution is -2.29. The molecule has 3 nitrogen and oxygen atoms in total. The molecule has 1 aromatic rings. The van der Waals surface area contributed by atoms with Gasteiger partial charge >= 0.3 is 0 Å². The molecule has 3 rings (SSSR count).